The van der Waals surface area contributed by atoms with Crippen LogP contribution >= 0.6 is 12.4 Å². The smallest absolute Gasteiger partial charge is 0.0681 e. The molecule has 2 nitrogen and oxygen atoms in total. The van der Waals surface area contributed by atoms with E-state index in [4.69, 9.17) is 5.11 Å². The first kappa shape index (κ1) is 10.5. The molecule has 0 amide bonds. The summed E-state index contributed by atoms with van der Waals surface area (Å²) in [6.07, 6.45) is 1.11. The number of halogens is 1. The quantitative estimate of drug-likeness (QED) is 0.714. The maximum Gasteiger partial charge on any atom is 0.0681 e. The van der Waals surface area contributed by atoms with E-state index in [1.165, 1.54) is 11.1 Å². The van der Waals surface area contributed by atoms with E-state index in [-0.39, 0.29) is 19.0 Å². The standard InChI is InChI=1S/C10H13NO.ClH/c12-7-8-1-2-9-3-4-11-6-10(9)5-8;/h1-2,5,11-12H,3-4,6-7H2;1H. The third-order valence-electron chi connectivity index (χ3n) is 2.34. The van der Waals surface area contributed by atoms with Crippen molar-refractivity contribution in [1.29, 1.82) is 0 Å². The van der Waals surface area contributed by atoms with Crippen molar-refractivity contribution in [3.8, 4) is 0 Å². The molecule has 2 N–H and O–H groups in total. The second-order valence-corrected chi connectivity index (χ2v) is 3.19. The van der Waals surface area contributed by atoms with E-state index < -0.39 is 0 Å². The Kier molecular flexibility index (Phi) is 3.72. The normalized spacial score (nSPS) is 14.5. The predicted octanol–water partition coefficient (Wildman–Crippen LogP) is 1.25. The molecule has 3 heteroatoms. The van der Waals surface area contributed by atoms with Crippen LogP contribution in [0.1, 0.15) is 16.7 Å². The van der Waals surface area contributed by atoms with Crippen LogP contribution in [-0.4, -0.2) is 11.7 Å². The van der Waals surface area contributed by atoms with E-state index >= 15 is 0 Å². The summed E-state index contributed by atoms with van der Waals surface area (Å²) in [5.41, 5.74) is 3.77. The average Bonchev–Trinajstić information content (AvgIpc) is 2.17. The van der Waals surface area contributed by atoms with Crippen LogP contribution in [-0.2, 0) is 19.6 Å². The first-order valence-corrected chi connectivity index (χ1v) is 4.32. The Balaban J connectivity index is 0.000000845. The minimum absolute atomic E-state index is 0. The Morgan fingerprint density at radius 1 is 1.31 bits per heavy atom. The van der Waals surface area contributed by atoms with E-state index in [2.05, 4.69) is 17.4 Å². The van der Waals surface area contributed by atoms with Gasteiger partial charge in [0.1, 0.15) is 0 Å². The van der Waals surface area contributed by atoms with Gasteiger partial charge in [0.2, 0.25) is 0 Å². The largest absolute Gasteiger partial charge is 0.392 e. The molecule has 0 unspecified atom stereocenters. The summed E-state index contributed by atoms with van der Waals surface area (Å²) >= 11 is 0. The maximum atomic E-state index is 8.92. The molecule has 2 rings (SSSR count). The molecule has 72 valence electrons. The molecule has 0 fully saturated rings. The topological polar surface area (TPSA) is 32.3 Å². The van der Waals surface area contributed by atoms with Gasteiger partial charge in [-0.1, -0.05) is 18.2 Å². The van der Waals surface area contributed by atoms with E-state index in [1.54, 1.807) is 0 Å². The van der Waals surface area contributed by atoms with Gasteiger partial charge in [-0.25, -0.2) is 0 Å². The minimum Gasteiger partial charge on any atom is -0.392 e. The summed E-state index contributed by atoms with van der Waals surface area (Å²) in [6, 6.07) is 6.22. The molecular formula is C10H14ClNO. The number of hydrogen-bond acceptors (Lipinski definition) is 2. The van der Waals surface area contributed by atoms with E-state index in [1.807, 2.05) is 6.07 Å². The van der Waals surface area contributed by atoms with Crippen LogP contribution in [0.25, 0.3) is 0 Å². The highest BCUT2D eigenvalue weighted by Gasteiger charge is 2.07. The second kappa shape index (κ2) is 4.61. The second-order valence-electron chi connectivity index (χ2n) is 3.19. The number of rotatable bonds is 1. The lowest BCUT2D eigenvalue weighted by atomic mass is 9.99. The molecule has 0 aliphatic carbocycles. The molecule has 1 heterocycles. The lowest BCUT2D eigenvalue weighted by Gasteiger charge is -2.17. The van der Waals surface area contributed by atoms with Gasteiger partial charge in [-0.15, -0.1) is 12.4 Å². The lowest BCUT2D eigenvalue weighted by Crippen LogP contribution is -2.23. The zero-order valence-electron chi connectivity index (χ0n) is 7.42. The minimum atomic E-state index is 0. The summed E-state index contributed by atoms with van der Waals surface area (Å²) < 4.78 is 0. The molecule has 0 aromatic heterocycles. The van der Waals surface area contributed by atoms with Gasteiger partial charge in [0.25, 0.3) is 0 Å². The predicted molar refractivity (Wildman–Crippen MR) is 55.0 cm³/mol. The van der Waals surface area contributed by atoms with Crippen LogP contribution in [0.15, 0.2) is 18.2 Å². The van der Waals surface area contributed by atoms with E-state index in [9.17, 15) is 0 Å². The molecule has 1 aromatic rings. The average molecular weight is 200 g/mol. The van der Waals surface area contributed by atoms with Crippen molar-refractivity contribution < 1.29 is 5.11 Å². The number of aliphatic hydroxyl groups excluding tert-OH is 1. The lowest BCUT2D eigenvalue weighted by molar-refractivity contribution is 0.281. The van der Waals surface area contributed by atoms with Gasteiger partial charge in [-0.05, 0) is 29.7 Å². The van der Waals surface area contributed by atoms with Crippen LogP contribution in [0.5, 0.6) is 0 Å². The van der Waals surface area contributed by atoms with Crippen LogP contribution in [0, 0.1) is 0 Å². The van der Waals surface area contributed by atoms with Gasteiger partial charge in [0.15, 0.2) is 0 Å². The zero-order valence-corrected chi connectivity index (χ0v) is 8.23. The van der Waals surface area contributed by atoms with Crippen LogP contribution in [0.2, 0.25) is 0 Å². The Morgan fingerprint density at radius 3 is 2.92 bits per heavy atom. The molecule has 0 saturated carbocycles. The molecule has 0 radical (unpaired) electrons. The monoisotopic (exact) mass is 199 g/mol. The summed E-state index contributed by atoms with van der Waals surface area (Å²) in [6.45, 7) is 2.17. The summed E-state index contributed by atoms with van der Waals surface area (Å²) in [7, 11) is 0. The number of benzene rings is 1. The van der Waals surface area contributed by atoms with Crippen molar-refractivity contribution in [3.05, 3.63) is 34.9 Å². The van der Waals surface area contributed by atoms with Crippen LogP contribution in [0.4, 0.5) is 0 Å². The van der Waals surface area contributed by atoms with Crippen molar-refractivity contribution >= 4 is 12.4 Å². The maximum absolute atomic E-state index is 8.92. The molecule has 0 bridgehead atoms. The Morgan fingerprint density at radius 2 is 2.15 bits per heavy atom. The fourth-order valence-corrected chi connectivity index (χ4v) is 1.63. The van der Waals surface area contributed by atoms with Gasteiger partial charge in [0.05, 0.1) is 6.61 Å². The van der Waals surface area contributed by atoms with Gasteiger partial charge >= 0.3 is 0 Å². The van der Waals surface area contributed by atoms with Crippen molar-refractivity contribution in [2.75, 3.05) is 6.54 Å². The molecule has 0 atom stereocenters. The molecule has 13 heavy (non-hydrogen) atoms. The van der Waals surface area contributed by atoms with Gasteiger partial charge < -0.3 is 10.4 Å². The molecule has 0 spiro atoms. The first-order valence-electron chi connectivity index (χ1n) is 4.32. The zero-order chi connectivity index (χ0) is 8.39. The fraction of sp³-hybridized carbons (Fsp3) is 0.400. The molecule has 1 aliphatic heterocycles. The van der Waals surface area contributed by atoms with E-state index in [0.29, 0.717) is 0 Å². The van der Waals surface area contributed by atoms with E-state index in [0.717, 1.165) is 25.1 Å². The van der Waals surface area contributed by atoms with Gasteiger partial charge in [0, 0.05) is 6.54 Å². The van der Waals surface area contributed by atoms with Crippen molar-refractivity contribution in [1.82, 2.24) is 5.32 Å². The number of aliphatic hydroxyl groups is 1. The first-order chi connectivity index (χ1) is 5.90. The van der Waals surface area contributed by atoms with Gasteiger partial charge in [-0.2, -0.15) is 0 Å². The Bertz CT molecular complexity index is 288. The Labute approximate surface area is 84.4 Å². The summed E-state index contributed by atoms with van der Waals surface area (Å²) in [5, 5.41) is 12.2. The summed E-state index contributed by atoms with van der Waals surface area (Å²) in [4.78, 5) is 0. The highest BCUT2D eigenvalue weighted by atomic mass is 35.5. The van der Waals surface area contributed by atoms with Crippen molar-refractivity contribution in [3.63, 3.8) is 0 Å². The molecule has 1 aliphatic rings. The van der Waals surface area contributed by atoms with Gasteiger partial charge in [-0.3, -0.25) is 0 Å². The molecule has 0 saturated heterocycles. The third kappa shape index (κ3) is 2.21. The Hall–Kier alpha value is -0.570. The summed E-state index contributed by atoms with van der Waals surface area (Å²) in [5.74, 6) is 0. The van der Waals surface area contributed by atoms with Crippen molar-refractivity contribution in [2.24, 2.45) is 0 Å². The van der Waals surface area contributed by atoms with Crippen molar-refractivity contribution in [2.45, 2.75) is 19.6 Å². The fourth-order valence-electron chi connectivity index (χ4n) is 1.63. The number of nitrogens with one attached hydrogen (secondary N) is 1. The van der Waals surface area contributed by atoms with Crippen LogP contribution < -0.4 is 5.32 Å². The number of hydrogen-bond donors (Lipinski definition) is 2. The van der Waals surface area contributed by atoms with Crippen LogP contribution in [0.3, 0.4) is 0 Å². The molecule has 1 aromatic carbocycles. The number of fused-ring (bicyclic) bond motifs is 1. The highest BCUT2D eigenvalue weighted by molar-refractivity contribution is 5.85. The molecular weight excluding hydrogens is 186 g/mol. The third-order valence-corrected chi connectivity index (χ3v) is 2.34. The SMILES string of the molecule is Cl.OCc1ccc2c(c1)CNCC2. The highest BCUT2D eigenvalue weighted by Crippen LogP contribution is 2.15.